The predicted molar refractivity (Wildman–Crippen MR) is 107 cm³/mol. The SMILES string of the molecule is CC(=O)[C@H](Cc1ccccc1)NC(=O)COC(=O)c1cc(S(C)(=O)=O)ccc1C. The molecule has 0 unspecified atom stereocenters. The topological polar surface area (TPSA) is 107 Å². The molecule has 7 nitrogen and oxygen atoms in total. The molecule has 0 spiro atoms. The number of ether oxygens (including phenoxy) is 1. The van der Waals surface area contributed by atoms with Crippen molar-refractivity contribution in [3.05, 3.63) is 65.2 Å². The van der Waals surface area contributed by atoms with Crippen molar-refractivity contribution in [2.75, 3.05) is 12.9 Å². The zero-order valence-corrected chi connectivity index (χ0v) is 17.3. The lowest BCUT2D eigenvalue weighted by atomic mass is 10.0. The lowest BCUT2D eigenvalue weighted by molar-refractivity contribution is -0.128. The van der Waals surface area contributed by atoms with Crippen LogP contribution in [0.15, 0.2) is 53.4 Å². The smallest absolute Gasteiger partial charge is 0.338 e. The van der Waals surface area contributed by atoms with Crippen LogP contribution in [-0.4, -0.2) is 45.0 Å². The molecule has 1 atom stereocenters. The van der Waals surface area contributed by atoms with Crippen LogP contribution in [0, 0.1) is 6.92 Å². The number of sulfone groups is 1. The molecule has 0 aliphatic heterocycles. The van der Waals surface area contributed by atoms with Crippen LogP contribution in [0.4, 0.5) is 0 Å². The highest BCUT2D eigenvalue weighted by Gasteiger charge is 2.20. The zero-order chi connectivity index (χ0) is 21.6. The molecule has 2 rings (SSSR count). The first-order valence-electron chi connectivity index (χ1n) is 8.89. The van der Waals surface area contributed by atoms with E-state index in [0.717, 1.165) is 11.8 Å². The summed E-state index contributed by atoms with van der Waals surface area (Å²) in [7, 11) is -3.49. The van der Waals surface area contributed by atoms with Crippen molar-refractivity contribution in [1.82, 2.24) is 5.32 Å². The average Bonchev–Trinajstić information content (AvgIpc) is 2.65. The molecule has 8 heteroatoms. The van der Waals surface area contributed by atoms with Crippen LogP contribution in [-0.2, 0) is 30.6 Å². The van der Waals surface area contributed by atoms with Crippen molar-refractivity contribution in [3.63, 3.8) is 0 Å². The van der Waals surface area contributed by atoms with Crippen LogP contribution in [0.5, 0.6) is 0 Å². The van der Waals surface area contributed by atoms with Gasteiger partial charge in [0.05, 0.1) is 16.5 Å². The van der Waals surface area contributed by atoms with Gasteiger partial charge in [0.2, 0.25) is 0 Å². The second kappa shape index (κ2) is 9.47. The molecule has 0 radical (unpaired) electrons. The Hall–Kier alpha value is -3.00. The van der Waals surface area contributed by atoms with Gasteiger partial charge in [-0.05, 0) is 43.5 Å². The highest BCUT2D eigenvalue weighted by molar-refractivity contribution is 7.90. The molecule has 0 heterocycles. The summed E-state index contributed by atoms with van der Waals surface area (Å²) in [6, 6.07) is 12.6. The number of nitrogens with one attached hydrogen (secondary N) is 1. The van der Waals surface area contributed by atoms with E-state index in [1.54, 1.807) is 6.92 Å². The van der Waals surface area contributed by atoms with Crippen LogP contribution < -0.4 is 5.32 Å². The van der Waals surface area contributed by atoms with Crippen LogP contribution >= 0.6 is 0 Å². The van der Waals surface area contributed by atoms with Gasteiger partial charge in [0.25, 0.3) is 5.91 Å². The Morgan fingerprint density at radius 3 is 2.31 bits per heavy atom. The van der Waals surface area contributed by atoms with Gasteiger partial charge in [-0.3, -0.25) is 9.59 Å². The molecule has 0 aromatic heterocycles. The molecule has 1 amide bonds. The lowest BCUT2D eigenvalue weighted by Gasteiger charge is -2.16. The quantitative estimate of drug-likeness (QED) is 0.657. The summed E-state index contributed by atoms with van der Waals surface area (Å²) in [6.45, 7) is 2.42. The van der Waals surface area contributed by atoms with E-state index in [1.807, 2.05) is 30.3 Å². The molecule has 2 aromatic rings. The second-order valence-corrected chi connectivity index (χ2v) is 8.76. The number of Topliss-reactive ketones (excluding diaryl/α,β-unsaturated/α-hetero) is 1. The van der Waals surface area contributed by atoms with E-state index in [2.05, 4.69) is 5.32 Å². The molecular weight excluding hydrogens is 394 g/mol. The van der Waals surface area contributed by atoms with E-state index in [1.165, 1.54) is 25.1 Å². The summed E-state index contributed by atoms with van der Waals surface area (Å²) < 4.78 is 28.4. The van der Waals surface area contributed by atoms with Crippen molar-refractivity contribution in [2.45, 2.75) is 31.2 Å². The minimum Gasteiger partial charge on any atom is -0.452 e. The minimum atomic E-state index is -3.49. The molecule has 2 aromatic carbocycles. The monoisotopic (exact) mass is 417 g/mol. The highest BCUT2D eigenvalue weighted by atomic mass is 32.2. The fourth-order valence-corrected chi connectivity index (χ4v) is 3.29. The first kappa shape index (κ1) is 22.3. The number of hydrogen-bond donors (Lipinski definition) is 1. The molecular formula is C21H23NO6S. The van der Waals surface area contributed by atoms with Crippen molar-refractivity contribution >= 4 is 27.5 Å². The summed E-state index contributed by atoms with van der Waals surface area (Å²) in [5.41, 5.74) is 1.47. The largest absolute Gasteiger partial charge is 0.452 e. The molecule has 0 saturated carbocycles. The summed E-state index contributed by atoms with van der Waals surface area (Å²) in [6.07, 6.45) is 1.36. The Morgan fingerprint density at radius 1 is 1.07 bits per heavy atom. The normalized spacial score (nSPS) is 12.1. The highest BCUT2D eigenvalue weighted by Crippen LogP contribution is 2.16. The van der Waals surface area contributed by atoms with E-state index < -0.39 is 34.4 Å². The summed E-state index contributed by atoms with van der Waals surface area (Å²) in [5, 5.41) is 2.56. The molecule has 154 valence electrons. The molecule has 0 aliphatic carbocycles. The minimum absolute atomic E-state index is 0.0148. The molecule has 0 saturated heterocycles. The standard InChI is InChI=1S/C21H23NO6S/c1-14-9-10-17(29(3,26)27)12-18(14)21(25)28-13-20(24)22-19(15(2)23)11-16-7-5-4-6-8-16/h4-10,12,19H,11,13H2,1-3H3,(H,22,24)/t19-/m0/s1. The van der Waals surface area contributed by atoms with E-state index in [0.29, 0.717) is 12.0 Å². The van der Waals surface area contributed by atoms with Crippen LogP contribution in [0.2, 0.25) is 0 Å². The van der Waals surface area contributed by atoms with Crippen molar-refractivity contribution in [3.8, 4) is 0 Å². The summed E-state index contributed by atoms with van der Waals surface area (Å²) in [5.74, 6) is -1.65. The number of aryl methyl sites for hydroxylation is 1. The maximum atomic E-state index is 12.3. The molecule has 0 fully saturated rings. The molecule has 29 heavy (non-hydrogen) atoms. The number of rotatable bonds is 8. The van der Waals surface area contributed by atoms with Crippen molar-refractivity contribution < 1.29 is 27.5 Å². The van der Waals surface area contributed by atoms with Gasteiger partial charge in [-0.2, -0.15) is 0 Å². The molecule has 0 aliphatic rings. The number of hydrogen-bond acceptors (Lipinski definition) is 6. The van der Waals surface area contributed by atoms with Gasteiger partial charge in [0, 0.05) is 6.26 Å². The molecule has 1 N–H and O–H groups in total. The lowest BCUT2D eigenvalue weighted by Crippen LogP contribution is -2.43. The fraction of sp³-hybridized carbons (Fsp3) is 0.286. The van der Waals surface area contributed by atoms with Gasteiger partial charge < -0.3 is 10.1 Å². The fourth-order valence-electron chi connectivity index (χ4n) is 2.64. The number of carbonyl (C=O) groups excluding carboxylic acids is 3. The zero-order valence-electron chi connectivity index (χ0n) is 16.5. The van der Waals surface area contributed by atoms with Crippen molar-refractivity contribution in [1.29, 1.82) is 0 Å². The number of carbonyl (C=O) groups is 3. The second-order valence-electron chi connectivity index (χ2n) is 6.75. The third kappa shape index (κ3) is 6.53. The number of benzene rings is 2. The Morgan fingerprint density at radius 2 is 1.72 bits per heavy atom. The molecule has 0 bridgehead atoms. The van der Waals surface area contributed by atoms with Crippen molar-refractivity contribution in [2.24, 2.45) is 0 Å². The van der Waals surface area contributed by atoms with Crippen LogP contribution in [0.1, 0.15) is 28.4 Å². The first-order chi connectivity index (χ1) is 13.6. The van der Waals surface area contributed by atoms with Gasteiger partial charge >= 0.3 is 5.97 Å². The maximum absolute atomic E-state index is 12.3. The van der Waals surface area contributed by atoms with Gasteiger partial charge in [0.15, 0.2) is 22.2 Å². The Bertz CT molecular complexity index is 1010. The van der Waals surface area contributed by atoms with Crippen LogP contribution in [0.25, 0.3) is 0 Å². The summed E-state index contributed by atoms with van der Waals surface area (Å²) in [4.78, 5) is 36.3. The van der Waals surface area contributed by atoms with Gasteiger partial charge in [-0.1, -0.05) is 36.4 Å². The van der Waals surface area contributed by atoms with E-state index in [9.17, 15) is 22.8 Å². The Kier molecular flexibility index (Phi) is 7.28. The number of ketones is 1. The number of esters is 1. The van der Waals surface area contributed by atoms with E-state index in [4.69, 9.17) is 4.74 Å². The van der Waals surface area contributed by atoms with E-state index in [-0.39, 0.29) is 16.2 Å². The van der Waals surface area contributed by atoms with Gasteiger partial charge in [0.1, 0.15) is 0 Å². The first-order valence-corrected chi connectivity index (χ1v) is 10.8. The Labute approximate surface area is 170 Å². The average molecular weight is 417 g/mol. The Balaban J connectivity index is 2.00. The third-order valence-corrected chi connectivity index (χ3v) is 5.41. The predicted octanol–water partition coefficient (Wildman–Crippen LogP) is 1.87. The van der Waals surface area contributed by atoms with Crippen LogP contribution in [0.3, 0.4) is 0 Å². The maximum Gasteiger partial charge on any atom is 0.338 e. The van der Waals surface area contributed by atoms with Gasteiger partial charge in [-0.25, -0.2) is 13.2 Å². The summed E-state index contributed by atoms with van der Waals surface area (Å²) >= 11 is 0. The number of amides is 1. The third-order valence-electron chi connectivity index (χ3n) is 4.30. The van der Waals surface area contributed by atoms with Gasteiger partial charge in [-0.15, -0.1) is 0 Å². The van der Waals surface area contributed by atoms with E-state index >= 15 is 0 Å².